The van der Waals surface area contributed by atoms with Crippen molar-refractivity contribution in [2.75, 3.05) is 26.2 Å². The van der Waals surface area contributed by atoms with Gasteiger partial charge < -0.3 is 20.0 Å². The Morgan fingerprint density at radius 1 is 0.933 bits per heavy atom. The van der Waals surface area contributed by atoms with Crippen molar-refractivity contribution in [1.29, 1.82) is 0 Å². The summed E-state index contributed by atoms with van der Waals surface area (Å²) in [5.74, 6) is -1.31. The zero-order valence-electron chi connectivity index (χ0n) is 17.2. The molecule has 8 heteroatoms. The van der Waals surface area contributed by atoms with Crippen LogP contribution in [0.2, 0.25) is 0 Å². The third kappa shape index (κ3) is 4.57. The first-order chi connectivity index (χ1) is 14.5. The minimum absolute atomic E-state index is 0.00753. The van der Waals surface area contributed by atoms with Crippen LogP contribution in [0.1, 0.15) is 44.1 Å². The van der Waals surface area contributed by atoms with Gasteiger partial charge in [-0.05, 0) is 43.4 Å². The van der Waals surface area contributed by atoms with Crippen LogP contribution in [-0.4, -0.2) is 70.8 Å². The van der Waals surface area contributed by atoms with Crippen molar-refractivity contribution in [2.45, 2.75) is 57.2 Å². The molecule has 4 rings (SSSR count). The summed E-state index contributed by atoms with van der Waals surface area (Å²) in [6, 6.07) is 6.25. The number of urea groups is 1. The van der Waals surface area contributed by atoms with E-state index in [1.165, 1.54) is 29.9 Å². The first-order valence-electron chi connectivity index (χ1n) is 10.9. The normalized spacial score (nSPS) is 21.4. The molecule has 0 aromatic heterocycles. The molecule has 1 N–H and O–H groups in total. The van der Waals surface area contributed by atoms with Crippen LogP contribution in [0, 0.1) is 5.82 Å². The number of carbonyl (C=O) groups is 3. The van der Waals surface area contributed by atoms with Gasteiger partial charge in [0.05, 0.1) is 0 Å². The fraction of sp³-hybridized carbons (Fsp3) is 0.591. The van der Waals surface area contributed by atoms with Crippen molar-refractivity contribution in [3.63, 3.8) is 0 Å². The summed E-state index contributed by atoms with van der Waals surface area (Å²) in [6.45, 7) is 2.45. The maximum absolute atomic E-state index is 13.1. The van der Waals surface area contributed by atoms with E-state index >= 15 is 0 Å². The molecule has 0 unspecified atom stereocenters. The molecular formula is C22H29FN4O3. The molecule has 162 valence electrons. The van der Waals surface area contributed by atoms with E-state index in [1.807, 2.05) is 4.90 Å². The van der Waals surface area contributed by atoms with E-state index < -0.39 is 11.8 Å². The molecule has 4 amide bonds. The van der Waals surface area contributed by atoms with Gasteiger partial charge in [-0.15, -0.1) is 0 Å². The van der Waals surface area contributed by atoms with Gasteiger partial charge in [-0.2, -0.15) is 0 Å². The molecule has 0 spiro atoms. The summed E-state index contributed by atoms with van der Waals surface area (Å²) in [5.41, 5.74) is 0.799. The van der Waals surface area contributed by atoms with E-state index in [1.54, 1.807) is 17.0 Å². The quantitative estimate of drug-likeness (QED) is 0.764. The van der Waals surface area contributed by atoms with Gasteiger partial charge in [0.25, 0.3) is 0 Å². The molecule has 0 atom stereocenters. The number of hydrogen-bond donors (Lipinski definition) is 1. The Kier molecular flexibility index (Phi) is 6.20. The summed E-state index contributed by atoms with van der Waals surface area (Å²) in [6.07, 6.45) is 5.85. The first-order valence-corrected chi connectivity index (χ1v) is 10.9. The molecule has 2 aliphatic heterocycles. The van der Waals surface area contributed by atoms with Crippen LogP contribution in [0.3, 0.4) is 0 Å². The minimum Gasteiger partial charge on any atom is -0.335 e. The molecule has 30 heavy (non-hydrogen) atoms. The number of amides is 4. The van der Waals surface area contributed by atoms with Crippen molar-refractivity contribution >= 4 is 17.8 Å². The monoisotopic (exact) mass is 416 g/mol. The number of carbonyl (C=O) groups excluding carboxylic acids is 3. The highest BCUT2D eigenvalue weighted by atomic mass is 19.1. The zero-order chi connectivity index (χ0) is 21.1. The summed E-state index contributed by atoms with van der Waals surface area (Å²) in [4.78, 5) is 42.8. The van der Waals surface area contributed by atoms with Crippen LogP contribution in [0.25, 0.3) is 0 Å². The topological polar surface area (TPSA) is 73.0 Å². The SMILES string of the molecule is O=C(NC1CCCC1)N1CCC(N2CCN(Cc3ccc(F)cc3)C(=O)C2=O)CC1. The van der Waals surface area contributed by atoms with Gasteiger partial charge in [0.1, 0.15) is 5.82 Å². The Balaban J connectivity index is 1.27. The van der Waals surface area contributed by atoms with Gasteiger partial charge in [-0.1, -0.05) is 25.0 Å². The predicted octanol–water partition coefficient (Wildman–Crippen LogP) is 2.11. The Hall–Kier alpha value is -2.64. The number of piperazine rings is 1. The highest BCUT2D eigenvalue weighted by Gasteiger charge is 2.38. The second kappa shape index (κ2) is 9.02. The molecule has 1 aromatic rings. The van der Waals surface area contributed by atoms with Gasteiger partial charge in [0.2, 0.25) is 0 Å². The molecular weight excluding hydrogens is 387 g/mol. The van der Waals surface area contributed by atoms with Crippen LogP contribution < -0.4 is 5.32 Å². The first kappa shape index (κ1) is 20.6. The molecule has 1 aromatic carbocycles. The third-order valence-corrected chi connectivity index (χ3v) is 6.50. The fourth-order valence-corrected chi connectivity index (χ4v) is 4.72. The Labute approximate surface area is 176 Å². The van der Waals surface area contributed by atoms with Gasteiger partial charge in [0.15, 0.2) is 0 Å². The number of rotatable bonds is 4. The minimum atomic E-state index is -0.507. The van der Waals surface area contributed by atoms with Gasteiger partial charge in [-0.25, -0.2) is 9.18 Å². The molecule has 3 fully saturated rings. The summed E-state index contributed by atoms with van der Waals surface area (Å²) in [5, 5.41) is 3.11. The average molecular weight is 416 g/mol. The van der Waals surface area contributed by atoms with E-state index in [0.717, 1.165) is 18.4 Å². The van der Waals surface area contributed by atoms with Gasteiger partial charge >= 0.3 is 17.8 Å². The van der Waals surface area contributed by atoms with E-state index in [0.29, 0.717) is 51.6 Å². The lowest BCUT2D eigenvalue weighted by molar-refractivity contribution is -0.158. The third-order valence-electron chi connectivity index (χ3n) is 6.50. The van der Waals surface area contributed by atoms with E-state index in [2.05, 4.69) is 5.32 Å². The highest BCUT2D eigenvalue weighted by Crippen LogP contribution is 2.22. The second-order valence-electron chi connectivity index (χ2n) is 8.50. The largest absolute Gasteiger partial charge is 0.335 e. The molecule has 7 nitrogen and oxygen atoms in total. The van der Waals surface area contributed by atoms with E-state index in [4.69, 9.17) is 0 Å². The number of hydrogen-bond acceptors (Lipinski definition) is 3. The molecule has 2 heterocycles. The van der Waals surface area contributed by atoms with Crippen LogP contribution in [-0.2, 0) is 16.1 Å². The second-order valence-corrected chi connectivity index (χ2v) is 8.50. The lowest BCUT2D eigenvalue weighted by atomic mass is 10.0. The van der Waals surface area contributed by atoms with Crippen LogP contribution in [0.15, 0.2) is 24.3 Å². The molecule has 0 bridgehead atoms. The van der Waals surface area contributed by atoms with E-state index in [9.17, 15) is 18.8 Å². The van der Waals surface area contributed by atoms with Crippen molar-refractivity contribution in [3.8, 4) is 0 Å². The van der Waals surface area contributed by atoms with Crippen LogP contribution in [0.4, 0.5) is 9.18 Å². The summed E-state index contributed by atoms with van der Waals surface area (Å²) in [7, 11) is 0. The molecule has 1 saturated carbocycles. The Morgan fingerprint density at radius 2 is 1.60 bits per heavy atom. The number of benzene rings is 1. The standard InChI is InChI=1S/C22H29FN4O3/c23-17-7-5-16(6-8-17)15-26-13-14-27(21(29)20(26)28)19-9-11-25(12-10-19)22(30)24-18-3-1-2-4-18/h5-8,18-19H,1-4,9-15H2,(H,24,30). The van der Waals surface area contributed by atoms with Crippen molar-refractivity contribution < 1.29 is 18.8 Å². The summed E-state index contributed by atoms with van der Waals surface area (Å²) >= 11 is 0. The van der Waals surface area contributed by atoms with Crippen molar-refractivity contribution in [1.82, 2.24) is 20.0 Å². The Morgan fingerprint density at radius 3 is 2.27 bits per heavy atom. The van der Waals surface area contributed by atoms with Crippen LogP contribution >= 0.6 is 0 Å². The fourth-order valence-electron chi connectivity index (χ4n) is 4.72. The van der Waals surface area contributed by atoms with Gasteiger partial charge in [0, 0.05) is 44.8 Å². The number of nitrogens with one attached hydrogen (secondary N) is 1. The van der Waals surface area contributed by atoms with Gasteiger partial charge in [-0.3, -0.25) is 9.59 Å². The van der Waals surface area contributed by atoms with Crippen LogP contribution in [0.5, 0.6) is 0 Å². The summed E-state index contributed by atoms with van der Waals surface area (Å²) < 4.78 is 13.1. The number of halogens is 1. The number of nitrogens with zero attached hydrogens (tertiary/aromatic N) is 3. The average Bonchev–Trinajstić information content (AvgIpc) is 3.26. The van der Waals surface area contributed by atoms with E-state index in [-0.39, 0.29) is 17.9 Å². The molecule has 1 aliphatic carbocycles. The maximum atomic E-state index is 13.1. The van der Waals surface area contributed by atoms with Crippen molar-refractivity contribution in [2.24, 2.45) is 0 Å². The molecule has 2 saturated heterocycles. The number of piperidine rings is 1. The zero-order valence-corrected chi connectivity index (χ0v) is 17.2. The smallest absolute Gasteiger partial charge is 0.317 e. The molecule has 3 aliphatic rings. The Bertz CT molecular complexity index is 786. The predicted molar refractivity (Wildman–Crippen MR) is 109 cm³/mol. The maximum Gasteiger partial charge on any atom is 0.317 e. The highest BCUT2D eigenvalue weighted by molar-refractivity contribution is 6.35. The number of likely N-dealkylation sites (tertiary alicyclic amines) is 1. The van der Waals surface area contributed by atoms with Crippen molar-refractivity contribution in [3.05, 3.63) is 35.6 Å². The molecule has 0 radical (unpaired) electrons. The lowest BCUT2D eigenvalue weighted by Gasteiger charge is -2.42. The lowest BCUT2D eigenvalue weighted by Crippen LogP contribution is -2.59.